The molecular weight excluding hydrogens is 278 g/mol. The zero-order valence-electron chi connectivity index (χ0n) is 12.4. The molecule has 0 fully saturated rings. The number of carbonyl (C=O) groups is 1. The van der Waals surface area contributed by atoms with Crippen LogP contribution < -0.4 is 10.5 Å². The summed E-state index contributed by atoms with van der Waals surface area (Å²) in [6.45, 7) is 6.25. The number of benzene rings is 1. The van der Waals surface area contributed by atoms with Gasteiger partial charge in [0.25, 0.3) is 0 Å². The normalized spacial score (nSPS) is 9.90. The Morgan fingerprint density at radius 1 is 1.45 bits per heavy atom. The summed E-state index contributed by atoms with van der Waals surface area (Å²) in [6.07, 6.45) is 0.688. The Hall–Kier alpha value is -1.26. The van der Waals surface area contributed by atoms with Gasteiger partial charge in [-0.3, -0.25) is 0 Å². The summed E-state index contributed by atoms with van der Waals surface area (Å²) < 4.78 is 5.29. The average Bonchev–Trinajstić information content (AvgIpc) is 2.38. The molecule has 0 amide bonds. The Morgan fingerprint density at radius 2 is 2.05 bits per heavy atom. The second-order valence-electron chi connectivity index (χ2n) is 4.51. The van der Waals surface area contributed by atoms with E-state index in [4.69, 9.17) is 27.2 Å². The van der Waals surface area contributed by atoms with E-state index in [1.54, 1.807) is 0 Å². The third-order valence-electron chi connectivity index (χ3n) is 2.52. The fraction of sp³-hybridized carbons (Fsp3) is 0.533. The van der Waals surface area contributed by atoms with E-state index < -0.39 is 5.97 Å². The molecule has 4 nitrogen and oxygen atoms in total. The first-order valence-corrected chi connectivity index (χ1v) is 7.23. The van der Waals surface area contributed by atoms with Crippen LogP contribution in [0.15, 0.2) is 18.2 Å². The first-order valence-electron chi connectivity index (χ1n) is 6.69. The molecule has 0 aromatic heterocycles. The maximum Gasteiger partial charge on any atom is 0.341 e. The third-order valence-corrected chi connectivity index (χ3v) is 2.52. The van der Waals surface area contributed by atoms with Crippen molar-refractivity contribution in [1.82, 2.24) is 0 Å². The molecule has 0 atom stereocenters. The lowest BCUT2D eigenvalue weighted by Crippen LogP contribution is -2.12. The van der Waals surface area contributed by atoms with Crippen LogP contribution in [-0.4, -0.2) is 30.1 Å². The molecule has 1 aromatic carbocycles. The molecule has 0 unspecified atom stereocenters. The highest BCUT2D eigenvalue weighted by molar-refractivity contribution is 6.17. The summed E-state index contributed by atoms with van der Waals surface area (Å²) in [6, 6.07) is 5.89. The van der Waals surface area contributed by atoms with Gasteiger partial charge in [0.1, 0.15) is 5.75 Å². The molecule has 0 radical (unpaired) electrons. The standard InChI is InChI=1S/C13H19NO3.C2H5Cl/c1-9(2)11-4-3-10(5-6-14)12(7-11)17-8-13(15)16;1-2-3/h3-4,7,9H,5-6,8,14H2,1-2H3,(H,15,16);2H2,1H3. The van der Waals surface area contributed by atoms with E-state index in [0.717, 1.165) is 17.0 Å². The molecule has 5 heteroatoms. The highest BCUT2D eigenvalue weighted by Crippen LogP contribution is 2.25. The predicted molar refractivity (Wildman–Crippen MR) is 82.8 cm³/mol. The highest BCUT2D eigenvalue weighted by atomic mass is 35.5. The van der Waals surface area contributed by atoms with Crippen molar-refractivity contribution < 1.29 is 14.6 Å². The first-order chi connectivity index (χ1) is 9.46. The Bertz CT molecular complexity index is 408. The summed E-state index contributed by atoms with van der Waals surface area (Å²) in [5.74, 6) is 0.761. The van der Waals surface area contributed by atoms with E-state index >= 15 is 0 Å². The Kier molecular flexibility index (Phi) is 9.86. The van der Waals surface area contributed by atoms with E-state index in [-0.39, 0.29) is 6.61 Å². The molecule has 1 rings (SSSR count). The van der Waals surface area contributed by atoms with Gasteiger partial charge >= 0.3 is 5.97 Å². The zero-order chi connectivity index (χ0) is 15.5. The molecule has 0 aliphatic carbocycles. The van der Waals surface area contributed by atoms with Gasteiger partial charge in [0, 0.05) is 5.88 Å². The Morgan fingerprint density at radius 3 is 2.50 bits per heavy atom. The average molecular weight is 302 g/mol. The van der Waals surface area contributed by atoms with Crippen LogP contribution >= 0.6 is 11.6 Å². The number of aliphatic carboxylic acids is 1. The van der Waals surface area contributed by atoms with Crippen LogP contribution in [0.4, 0.5) is 0 Å². The van der Waals surface area contributed by atoms with Crippen LogP contribution in [0.5, 0.6) is 5.75 Å². The predicted octanol–water partition coefficient (Wildman–Crippen LogP) is 3.02. The summed E-state index contributed by atoms with van der Waals surface area (Å²) >= 11 is 5.00. The molecule has 0 spiro atoms. The molecule has 0 heterocycles. The van der Waals surface area contributed by atoms with Crippen molar-refractivity contribution in [2.45, 2.75) is 33.1 Å². The number of carboxylic acid groups (broad SMARTS) is 1. The van der Waals surface area contributed by atoms with Crippen LogP contribution in [0.1, 0.15) is 37.8 Å². The fourth-order valence-electron chi connectivity index (χ4n) is 1.57. The van der Waals surface area contributed by atoms with Crippen LogP contribution in [-0.2, 0) is 11.2 Å². The Balaban J connectivity index is 0.00000110. The fourth-order valence-corrected chi connectivity index (χ4v) is 1.57. The van der Waals surface area contributed by atoms with Gasteiger partial charge in [-0.25, -0.2) is 4.79 Å². The second kappa shape index (κ2) is 10.5. The topological polar surface area (TPSA) is 72.5 Å². The molecule has 114 valence electrons. The SMILES string of the molecule is CC(C)c1ccc(CCN)c(OCC(=O)O)c1.CCCl. The van der Waals surface area contributed by atoms with E-state index in [9.17, 15) is 4.79 Å². The minimum atomic E-state index is -0.973. The molecule has 0 saturated heterocycles. The molecule has 3 N–H and O–H groups in total. The highest BCUT2D eigenvalue weighted by Gasteiger charge is 2.08. The lowest BCUT2D eigenvalue weighted by Gasteiger charge is -2.13. The van der Waals surface area contributed by atoms with Crippen molar-refractivity contribution in [2.75, 3.05) is 19.0 Å². The number of hydrogen-bond donors (Lipinski definition) is 2. The van der Waals surface area contributed by atoms with Gasteiger partial charge < -0.3 is 15.6 Å². The van der Waals surface area contributed by atoms with E-state index in [1.165, 1.54) is 0 Å². The quantitative estimate of drug-likeness (QED) is 0.792. The molecule has 0 bridgehead atoms. The van der Waals surface area contributed by atoms with Crippen molar-refractivity contribution in [1.29, 1.82) is 0 Å². The summed E-state index contributed by atoms with van der Waals surface area (Å²) in [5, 5.41) is 8.62. The van der Waals surface area contributed by atoms with E-state index in [2.05, 4.69) is 13.8 Å². The van der Waals surface area contributed by atoms with Gasteiger partial charge in [0.15, 0.2) is 6.61 Å². The second-order valence-corrected chi connectivity index (χ2v) is 5.04. The summed E-state index contributed by atoms with van der Waals surface area (Å²) in [7, 11) is 0. The van der Waals surface area contributed by atoms with Crippen molar-refractivity contribution in [3.8, 4) is 5.75 Å². The van der Waals surface area contributed by atoms with Crippen LogP contribution in [0.3, 0.4) is 0 Å². The maximum absolute atomic E-state index is 10.5. The number of ether oxygens (including phenoxy) is 1. The third kappa shape index (κ3) is 7.36. The number of carboxylic acids is 1. The van der Waals surface area contributed by atoms with Crippen molar-refractivity contribution in [3.05, 3.63) is 29.3 Å². The lowest BCUT2D eigenvalue weighted by molar-refractivity contribution is -0.139. The summed E-state index contributed by atoms with van der Waals surface area (Å²) in [5.41, 5.74) is 7.60. The van der Waals surface area contributed by atoms with Crippen molar-refractivity contribution in [3.63, 3.8) is 0 Å². The van der Waals surface area contributed by atoms with Crippen molar-refractivity contribution >= 4 is 17.6 Å². The smallest absolute Gasteiger partial charge is 0.341 e. The molecular formula is C15H24ClNO3. The van der Waals surface area contributed by atoms with Crippen LogP contribution in [0.25, 0.3) is 0 Å². The number of alkyl halides is 1. The lowest BCUT2D eigenvalue weighted by atomic mass is 10.00. The molecule has 1 aromatic rings. The van der Waals surface area contributed by atoms with Crippen LogP contribution in [0.2, 0.25) is 0 Å². The van der Waals surface area contributed by atoms with E-state index in [0.29, 0.717) is 24.6 Å². The molecule has 0 aliphatic heterocycles. The first kappa shape index (κ1) is 18.7. The van der Waals surface area contributed by atoms with Gasteiger partial charge in [-0.05, 0) is 36.1 Å². The van der Waals surface area contributed by atoms with Crippen molar-refractivity contribution in [2.24, 2.45) is 5.73 Å². The monoisotopic (exact) mass is 301 g/mol. The van der Waals surface area contributed by atoms with Gasteiger partial charge in [-0.1, -0.05) is 32.9 Å². The minimum Gasteiger partial charge on any atom is -0.482 e. The largest absolute Gasteiger partial charge is 0.482 e. The number of rotatable bonds is 6. The summed E-state index contributed by atoms with van der Waals surface area (Å²) in [4.78, 5) is 10.5. The molecule has 20 heavy (non-hydrogen) atoms. The number of nitrogens with two attached hydrogens (primary N) is 1. The molecule has 0 saturated carbocycles. The number of hydrogen-bond acceptors (Lipinski definition) is 3. The zero-order valence-corrected chi connectivity index (χ0v) is 13.1. The van der Waals surface area contributed by atoms with Gasteiger partial charge in [0.05, 0.1) is 0 Å². The number of halogens is 1. The maximum atomic E-state index is 10.5. The van der Waals surface area contributed by atoms with Gasteiger partial charge in [-0.15, -0.1) is 11.6 Å². The minimum absolute atomic E-state index is 0.320. The van der Waals surface area contributed by atoms with Gasteiger partial charge in [0.2, 0.25) is 0 Å². The Labute approximate surface area is 125 Å². The van der Waals surface area contributed by atoms with Gasteiger partial charge in [-0.2, -0.15) is 0 Å². The molecule has 0 aliphatic rings. The van der Waals surface area contributed by atoms with Crippen LogP contribution in [0, 0.1) is 0 Å². The van der Waals surface area contributed by atoms with E-state index in [1.807, 2.05) is 25.1 Å².